The summed E-state index contributed by atoms with van der Waals surface area (Å²) in [5.41, 5.74) is 0. The second kappa shape index (κ2) is 8.02. The van der Waals surface area contributed by atoms with Crippen LogP contribution in [0.4, 0.5) is 0 Å². The first kappa shape index (κ1) is 10.9. The van der Waals surface area contributed by atoms with Crippen molar-refractivity contribution in [3.63, 3.8) is 0 Å². The maximum atomic E-state index is 4.87. The standard InChI is InChI=1S/C9H19O2/c1-4-5-7-10-11-8-6-9(2)3/h8-9H,4-7H2,1-3H3. The zero-order valence-electron chi connectivity index (χ0n) is 7.80. The third-order valence-corrected chi connectivity index (χ3v) is 1.28. The molecule has 0 fully saturated rings. The summed E-state index contributed by atoms with van der Waals surface area (Å²) in [5, 5.41) is 0. The van der Waals surface area contributed by atoms with Crippen LogP contribution >= 0.6 is 0 Å². The highest BCUT2D eigenvalue weighted by Gasteiger charge is 1.94. The first-order valence-electron chi connectivity index (χ1n) is 4.37. The van der Waals surface area contributed by atoms with Gasteiger partial charge >= 0.3 is 0 Å². The van der Waals surface area contributed by atoms with Crippen molar-refractivity contribution in [1.82, 2.24) is 0 Å². The van der Waals surface area contributed by atoms with E-state index in [9.17, 15) is 0 Å². The maximum Gasteiger partial charge on any atom is 0.122 e. The van der Waals surface area contributed by atoms with Gasteiger partial charge in [-0.15, -0.1) is 0 Å². The largest absolute Gasteiger partial charge is 0.236 e. The topological polar surface area (TPSA) is 18.5 Å². The van der Waals surface area contributed by atoms with Gasteiger partial charge in [-0.1, -0.05) is 27.2 Å². The Hall–Kier alpha value is -0.0800. The average molecular weight is 159 g/mol. The van der Waals surface area contributed by atoms with Gasteiger partial charge in [0.15, 0.2) is 0 Å². The predicted octanol–water partition coefficient (Wildman–Crippen LogP) is 2.94. The lowest BCUT2D eigenvalue weighted by molar-refractivity contribution is -0.270. The Kier molecular flexibility index (Phi) is 7.96. The number of unbranched alkanes of at least 4 members (excludes halogenated alkanes) is 1. The minimum atomic E-state index is 0.643. The Bertz CT molecular complexity index is 72.0. The molecule has 0 amide bonds. The van der Waals surface area contributed by atoms with Crippen LogP contribution in [0.3, 0.4) is 0 Å². The van der Waals surface area contributed by atoms with Gasteiger partial charge in [0.2, 0.25) is 0 Å². The summed E-state index contributed by atoms with van der Waals surface area (Å²) in [6.45, 7) is 8.84. The summed E-state index contributed by atoms with van der Waals surface area (Å²) in [7, 11) is 0. The molecule has 0 heterocycles. The molecule has 0 spiro atoms. The molecule has 0 aliphatic heterocycles. The highest BCUT2D eigenvalue weighted by molar-refractivity contribution is 4.51. The second-order valence-electron chi connectivity index (χ2n) is 3.07. The summed E-state index contributed by atoms with van der Waals surface area (Å²) in [6.07, 6.45) is 3.16. The molecule has 0 unspecified atom stereocenters. The van der Waals surface area contributed by atoms with Crippen LogP contribution in [0.25, 0.3) is 0 Å². The van der Waals surface area contributed by atoms with Gasteiger partial charge in [0, 0.05) is 0 Å². The molecule has 2 heteroatoms. The summed E-state index contributed by atoms with van der Waals surface area (Å²) < 4.78 is 0. The Morgan fingerprint density at radius 3 is 2.64 bits per heavy atom. The molecule has 0 N–H and O–H groups in total. The van der Waals surface area contributed by atoms with E-state index in [-0.39, 0.29) is 0 Å². The maximum absolute atomic E-state index is 4.87. The van der Waals surface area contributed by atoms with Crippen molar-refractivity contribution in [2.45, 2.75) is 40.0 Å². The van der Waals surface area contributed by atoms with E-state index < -0.39 is 0 Å². The smallest absolute Gasteiger partial charge is 0.122 e. The van der Waals surface area contributed by atoms with Gasteiger partial charge in [0.25, 0.3) is 0 Å². The quantitative estimate of drug-likeness (QED) is 0.323. The zero-order chi connectivity index (χ0) is 8.53. The number of rotatable bonds is 7. The third kappa shape index (κ3) is 9.92. The van der Waals surface area contributed by atoms with Crippen LogP contribution in [-0.4, -0.2) is 6.61 Å². The van der Waals surface area contributed by atoms with Crippen molar-refractivity contribution in [3.05, 3.63) is 6.61 Å². The molecular formula is C9H19O2. The fourth-order valence-electron chi connectivity index (χ4n) is 0.531. The van der Waals surface area contributed by atoms with Crippen molar-refractivity contribution in [1.29, 1.82) is 0 Å². The molecule has 0 aliphatic rings. The molecule has 0 aromatic heterocycles. The van der Waals surface area contributed by atoms with Crippen LogP contribution in [0.2, 0.25) is 0 Å². The lowest BCUT2D eigenvalue weighted by atomic mass is 10.1. The lowest BCUT2D eigenvalue weighted by Gasteiger charge is -2.03. The summed E-state index contributed by atoms with van der Waals surface area (Å²) >= 11 is 0. The van der Waals surface area contributed by atoms with E-state index in [0.29, 0.717) is 12.5 Å². The van der Waals surface area contributed by atoms with E-state index >= 15 is 0 Å². The number of hydrogen-bond acceptors (Lipinski definition) is 2. The SMILES string of the molecule is CCCCOO[CH]CC(C)C. The van der Waals surface area contributed by atoms with E-state index in [4.69, 9.17) is 9.78 Å². The predicted molar refractivity (Wildman–Crippen MR) is 45.7 cm³/mol. The van der Waals surface area contributed by atoms with E-state index in [1.165, 1.54) is 0 Å². The Morgan fingerprint density at radius 1 is 1.36 bits per heavy atom. The molecule has 1 radical (unpaired) electrons. The Morgan fingerprint density at radius 2 is 2.09 bits per heavy atom. The highest BCUT2D eigenvalue weighted by atomic mass is 17.2. The molecule has 0 aliphatic carbocycles. The third-order valence-electron chi connectivity index (χ3n) is 1.28. The van der Waals surface area contributed by atoms with Crippen molar-refractivity contribution in [3.8, 4) is 0 Å². The zero-order valence-corrected chi connectivity index (χ0v) is 7.80. The fourth-order valence-corrected chi connectivity index (χ4v) is 0.531. The van der Waals surface area contributed by atoms with Gasteiger partial charge < -0.3 is 0 Å². The van der Waals surface area contributed by atoms with Crippen molar-refractivity contribution >= 4 is 0 Å². The average Bonchev–Trinajstić information content (AvgIpc) is 1.96. The van der Waals surface area contributed by atoms with Gasteiger partial charge in [0.05, 0.1) is 6.61 Å². The van der Waals surface area contributed by atoms with E-state index in [1.807, 2.05) is 0 Å². The minimum Gasteiger partial charge on any atom is -0.236 e. The molecule has 0 rings (SSSR count). The first-order valence-corrected chi connectivity index (χ1v) is 4.37. The van der Waals surface area contributed by atoms with Gasteiger partial charge in [-0.25, -0.2) is 9.78 Å². The molecule has 0 atom stereocenters. The van der Waals surface area contributed by atoms with Crippen LogP contribution < -0.4 is 0 Å². The van der Waals surface area contributed by atoms with Crippen molar-refractivity contribution in [2.24, 2.45) is 5.92 Å². The Balaban J connectivity index is 2.80. The lowest BCUT2D eigenvalue weighted by Crippen LogP contribution is -1.96. The molecular weight excluding hydrogens is 140 g/mol. The van der Waals surface area contributed by atoms with Gasteiger partial charge in [0.1, 0.15) is 6.61 Å². The van der Waals surface area contributed by atoms with E-state index in [2.05, 4.69) is 20.8 Å². The Labute approximate surface area is 69.8 Å². The molecule has 0 saturated carbocycles. The molecule has 0 saturated heterocycles. The van der Waals surface area contributed by atoms with Crippen molar-refractivity contribution < 1.29 is 9.78 Å². The summed E-state index contributed by atoms with van der Waals surface area (Å²) in [5.74, 6) is 0.643. The van der Waals surface area contributed by atoms with Crippen molar-refractivity contribution in [2.75, 3.05) is 6.61 Å². The van der Waals surface area contributed by atoms with Crippen LogP contribution in [-0.2, 0) is 9.78 Å². The first-order chi connectivity index (χ1) is 5.27. The monoisotopic (exact) mass is 159 g/mol. The molecule has 0 bridgehead atoms. The molecule has 0 aromatic rings. The van der Waals surface area contributed by atoms with Gasteiger partial charge in [-0.3, -0.25) is 0 Å². The second-order valence-corrected chi connectivity index (χ2v) is 3.07. The molecule has 0 aromatic carbocycles. The number of hydrogen-bond donors (Lipinski definition) is 0. The van der Waals surface area contributed by atoms with Crippen LogP contribution in [0.5, 0.6) is 0 Å². The molecule has 2 nitrogen and oxygen atoms in total. The summed E-state index contributed by atoms with van der Waals surface area (Å²) in [4.78, 5) is 9.69. The summed E-state index contributed by atoms with van der Waals surface area (Å²) in [6, 6.07) is 0. The minimum absolute atomic E-state index is 0.643. The normalized spacial score (nSPS) is 10.9. The fraction of sp³-hybridized carbons (Fsp3) is 0.889. The van der Waals surface area contributed by atoms with Crippen LogP contribution in [0.15, 0.2) is 0 Å². The van der Waals surface area contributed by atoms with E-state index in [1.54, 1.807) is 6.61 Å². The van der Waals surface area contributed by atoms with Crippen LogP contribution in [0, 0.1) is 12.5 Å². The molecule has 11 heavy (non-hydrogen) atoms. The van der Waals surface area contributed by atoms with E-state index in [0.717, 1.165) is 19.3 Å². The van der Waals surface area contributed by atoms with Crippen LogP contribution in [0.1, 0.15) is 40.0 Å². The van der Waals surface area contributed by atoms with Gasteiger partial charge in [-0.05, 0) is 18.8 Å². The molecule has 67 valence electrons. The highest BCUT2D eigenvalue weighted by Crippen LogP contribution is 2.03. The van der Waals surface area contributed by atoms with Gasteiger partial charge in [-0.2, -0.15) is 0 Å².